The van der Waals surface area contributed by atoms with Gasteiger partial charge in [0.25, 0.3) is 0 Å². The number of fused-ring (bicyclic) bond motifs is 1. The normalized spacial score (nSPS) is 27.0. The standard InChI is InChI=1S/C11H14ClN/c1-7-2-3-8-4-5-9(12)6-10(8)11(7)13/h4-7,11H,2-3,13H2,1H3. The molecule has 0 aromatic heterocycles. The van der Waals surface area contributed by atoms with Gasteiger partial charge in [-0.25, -0.2) is 0 Å². The number of hydrogen-bond acceptors (Lipinski definition) is 1. The summed E-state index contributed by atoms with van der Waals surface area (Å²) in [7, 11) is 0. The van der Waals surface area contributed by atoms with E-state index in [1.54, 1.807) is 0 Å². The van der Waals surface area contributed by atoms with Crippen LogP contribution < -0.4 is 5.73 Å². The second-order valence-corrected chi connectivity index (χ2v) is 4.32. The molecule has 0 fully saturated rings. The van der Waals surface area contributed by atoms with E-state index in [1.165, 1.54) is 17.5 Å². The van der Waals surface area contributed by atoms with Crippen LogP contribution in [0.15, 0.2) is 18.2 Å². The Balaban J connectivity index is 2.45. The van der Waals surface area contributed by atoms with E-state index in [0.717, 1.165) is 11.4 Å². The van der Waals surface area contributed by atoms with Gasteiger partial charge < -0.3 is 5.73 Å². The lowest BCUT2D eigenvalue weighted by atomic mass is 9.81. The third-order valence-corrected chi connectivity index (χ3v) is 3.18. The molecule has 0 radical (unpaired) electrons. The number of nitrogens with two attached hydrogens (primary N) is 1. The van der Waals surface area contributed by atoms with Crippen molar-refractivity contribution in [3.63, 3.8) is 0 Å². The van der Waals surface area contributed by atoms with Gasteiger partial charge in [-0.15, -0.1) is 0 Å². The average molecular weight is 196 g/mol. The van der Waals surface area contributed by atoms with Crippen LogP contribution in [0.25, 0.3) is 0 Å². The molecular formula is C11H14ClN. The molecule has 2 rings (SSSR count). The first-order chi connectivity index (χ1) is 6.18. The van der Waals surface area contributed by atoms with E-state index in [2.05, 4.69) is 13.0 Å². The van der Waals surface area contributed by atoms with Crippen molar-refractivity contribution in [2.24, 2.45) is 11.7 Å². The molecule has 0 saturated heterocycles. The molecule has 1 nitrogen and oxygen atoms in total. The third kappa shape index (κ3) is 1.59. The molecule has 2 unspecified atom stereocenters. The van der Waals surface area contributed by atoms with Crippen LogP contribution in [0.3, 0.4) is 0 Å². The first kappa shape index (κ1) is 9.04. The van der Waals surface area contributed by atoms with Crippen LogP contribution in [0, 0.1) is 5.92 Å². The molecule has 2 heteroatoms. The summed E-state index contributed by atoms with van der Waals surface area (Å²) in [6.07, 6.45) is 2.33. The van der Waals surface area contributed by atoms with Crippen LogP contribution in [-0.2, 0) is 6.42 Å². The van der Waals surface area contributed by atoms with Crippen molar-refractivity contribution in [2.45, 2.75) is 25.8 Å². The summed E-state index contributed by atoms with van der Waals surface area (Å²) in [5.74, 6) is 0.575. The SMILES string of the molecule is CC1CCc2ccc(Cl)cc2C1N. The first-order valence-corrected chi connectivity index (χ1v) is 5.10. The molecule has 1 aromatic carbocycles. The minimum Gasteiger partial charge on any atom is -0.324 e. The zero-order valence-corrected chi connectivity index (χ0v) is 8.51. The number of halogens is 1. The van der Waals surface area contributed by atoms with E-state index < -0.39 is 0 Å². The van der Waals surface area contributed by atoms with Crippen molar-refractivity contribution in [2.75, 3.05) is 0 Å². The Morgan fingerprint density at radius 1 is 1.46 bits per heavy atom. The fraction of sp³-hybridized carbons (Fsp3) is 0.455. The predicted octanol–water partition coefficient (Wildman–Crippen LogP) is 2.92. The number of rotatable bonds is 0. The van der Waals surface area contributed by atoms with Gasteiger partial charge in [-0.1, -0.05) is 24.6 Å². The highest BCUT2D eigenvalue weighted by atomic mass is 35.5. The maximum atomic E-state index is 6.10. The fourth-order valence-corrected chi connectivity index (χ4v) is 2.15. The molecule has 0 bridgehead atoms. The van der Waals surface area contributed by atoms with Crippen molar-refractivity contribution < 1.29 is 0 Å². The lowest BCUT2D eigenvalue weighted by Gasteiger charge is -2.28. The van der Waals surface area contributed by atoms with Crippen molar-refractivity contribution in [3.05, 3.63) is 34.3 Å². The van der Waals surface area contributed by atoms with Gasteiger partial charge in [-0.3, -0.25) is 0 Å². The highest BCUT2D eigenvalue weighted by Gasteiger charge is 2.22. The van der Waals surface area contributed by atoms with Crippen molar-refractivity contribution >= 4 is 11.6 Å². The molecule has 0 amide bonds. The molecular weight excluding hydrogens is 182 g/mol. The summed E-state index contributed by atoms with van der Waals surface area (Å²) in [5.41, 5.74) is 8.71. The predicted molar refractivity (Wildman–Crippen MR) is 55.9 cm³/mol. The molecule has 0 saturated carbocycles. The molecule has 13 heavy (non-hydrogen) atoms. The van der Waals surface area contributed by atoms with Gasteiger partial charge in [0.15, 0.2) is 0 Å². The lowest BCUT2D eigenvalue weighted by Crippen LogP contribution is -2.25. The maximum absolute atomic E-state index is 6.10. The summed E-state index contributed by atoms with van der Waals surface area (Å²) < 4.78 is 0. The smallest absolute Gasteiger partial charge is 0.0409 e. The molecule has 0 aliphatic heterocycles. The second-order valence-electron chi connectivity index (χ2n) is 3.88. The summed E-state index contributed by atoms with van der Waals surface area (Å²) in [4.78, 5) is 0. The minimum atomic E-state index is 0.169. The summed E-state index contributed by atoms with van der Waals surface area (Å²) in [5, 5.41) is 0.795. The van der Waals surface area contributed by atoms with Crippen molar-refractivity contribution in [3.8, 4) is 0 Å². The highest BCUT2D eigenvalue weighted by Crippen LogP contribution is 2.33. The van der Waals surface area contributed by atoms with Crippen LogP contribution in [-0.4, -0.2) is 0 Å². The number of aryl methyl sites for hydroxylation is 1. The zero-order valence-electron chi connectivity index (χ0n) is 7.76. The van der Waals surface area contributed by atoms with Crippen molar-refractivity contribution in [1.29, 1.82) is 0 Å². The Hall–Kier alpha value is -0.530. The molecule has 1 aromatic rings. The van der Waals surface area contributed by atoms with Gasteiger partial charge in [0.05, 0.1) is 0 Å². The molecule has 1 aliphatic rings. The zero-order chi connectivity index (χ0) is 9.42. The fourth-order valence-electron chi connectivity index (χ4n) is 1.97. The van der Waals surface area contributed by atoms with Gasteiger partial charge in [-0.05, 0) is 42.0 Å². The van der Waals surface area contributed by atoms with Crippen molar-refractivity contribution in [1.82, 2.24) is 0 Å². The van der Waals surface area contributed by atoms with Crippen LogP contribution in [0.2, 0.25) is 5.02 Å². The van der Waals surface area contributed by atoms with E-state index in [-0.39, 0.29) is 6.04 Å². The monoisotopic (exact) mass is 195 g/mol. The summed E-state index contributed by atoms with van der Waals surface area (Å²) in [6, 6.07) is 6.23. The molecule has 1 aliphatic carbocycles. The largest absolute Gasteiger partial charge is 0.324 e. The van der Waals surface area contributed by atoms with Gasteiger partial charge in [-0.2, -0.15) is 0 Å². The molecule has 70 valence electrons. The maximum Gasteiger partial charge on any atom is 0.0409 e. The van der Waals surface area contributed by atoms with Gasteiger partial charge in [0.2, 0.25) is 0 Å². The Morgan fingerprint density at radius 2 is 2.23 bits per heavy atom. The van der Waals surface area contributed by atoms with Crippen LogP contribution in [0.4, 0.5) is 0 Å². The molecule has 0 spiro atoms. The molecule has 2 N–H and O–H groups in total. The summed E-state index contributed by atoms with van der Waals surface area (Å²) >= 11 is 5.93. The average Bonchev–Trinajstić information content (AvgIpc) is 2.12. The van der Waals surface area contributed by atoms with E-state index >= 15 is 0 Å². The van der Waals surface area contributed by atoms with E-state index in [4.69, 9.17) is 17.3 Å². The first-order valence-electron chi connectivity index (χ1n) is 4.72. The van der Waals surface area contributed by atoms with E-state index in [1.807, 2.05) is 12.1 Å². The third-order valence-electron chi connectivity index (χ3n) is 2.95. The van der Waals surface area contributed by atoms with E-state index in [0.29, 0.717) is 5.92 Å². The van der Waals surface area contributed by atoms with Gasteiger partial charge in [0, 0.05) is 11.1 Å². The number of hydrogen-bond donors (Lipinski definition) is 1. The van der Waals surface area contributed by atoms with E-state index in [9.17, 15) is 0 Å². The Bertz CT molecular complexity index is 322. The lowest BCUT2D eigenvalue weighted by molar-refractivity contribution is 0.412. The summed E-state index contributed by atoms with van der Waals surface area (Å²) in [6.45, 7) is 2.20. The van der Waals surface area contributed by atoms with Crippen LogP contribution in [0.5, 0.6) is 0 Å². The van der Waals surface area contributed by atoms with Crippen LogP contribution >= 0.6 is 11.6 Å². The van der Waals surface area contributed by atoms with Gasteiger partial charge in [0.1, 0.15) is 0 Å². The van der Waals surface area contributed by atoms with Crippen LogP contribution in [0.1, 0.15) is 30.5 Å². The Labute approximate surface area is 83.9 Å². The number of benzene rings is 1. The minimum absolute atomic E-state index is 0.169. The highest BCUT2D eigenvalue weighted by molar-refractivity contribution is 6.30. The second kappa shape index (κ2) is 3.32. The Morgan fingerprint density at radius 3 is 3.00 bits per heavy atom. The Kier molecular flexibility index (Phi) is 2.31. The molecule has 0 heterocycles. The van der Waals surface area contributed by atoms with Gasteiger partial charge >= 0.3 is 0 Å². The quantitative estimate of drug-likeness (QED) is 0.677. The molecule has 2 atom stereocenters. The topological polar surface area (TPSA) is 26.0 Å².